The maximum absolute atomic E-state index is 11.6. The molecule has 0 aromatic rings. The van der Waals surface area contributed by atoms with Crippen LogP contribution in [0.1, 0.15) is 19.3 Å². The van der Waals surface area contributed by atoms with Gasteiger partial charge >= 0.3 is 0 Å². The van der Waals surface area contributed by atoms with Crippen molar-refractivity contribution < 1.29 is 14.4 Å². The number of hydrogen-bond donors (Lipinski definition) is 0. The molecule has 0 bridgehead atoms. The lowest BCUT2D eigenvalue weighted by molar-refractivity contribution is -0.173. The van der Waals surface area contributed by atoms with Crippen LogP contribution < -0.4 is 0 Å². The fraction of sp³-hybridized carbons (Fsp3) is 0.667. The van der Waals surface area contributed by atoms with Gasteiger partial charge in [-0.3, -0.25) is 19.4 Å². The SMILES string of the molecule is CN(C=O)[C@@H]1CCCC(=O)N1N(C)C=O. The minimum Gasteiger partial charge on any atom is -0.326 e. The van der Waals surface area contributed by atoms with E-state index in [0.717, 1.165) is 6.42 Å². The van der Waals surface area contributed by atoms with Crippen LogP contribution in [0, 0.1) is 0 Å². The summed E-state index contributed by atoms with van der Waals surface area (Å²) in [4.78, 5) is 34.3. The molecule has 0 N–H and O–H groups in total. The first kappa shape index (κ1) is 11.5. The van der Waals surface area contributed by atoms with Crippen molar-refractivity contribution >= 4 is 18.7 Å². The van der Waals surface area contributed by atoms with Gasteiger partial charge in [-0.15, -0.1) is 0 Å². The Balaban J connectivity index is 2.85. The minimum absolute atomic E-state index is 0.130. The lowest BCUT2D eigenvalue weighted by atomic mass is 10.1. The van der Waals surface area contributed by atoms with E-state index in [4.69, 9.17) is 0 Å². The predicted octanol–water partition coefficient (Wildman–Crippen LogP) is -0.584. The zero-order valence-corrected chi connectivity index (χ0v) is 8.92. The van der Waals surface area contributed by atoms with Crippen molar-refractivity contribution in [3.8, 4) is 0 Å². The summed E-state index contributed by atoms with van der Waals surface area (Å²) in [6.07, 6.45) is 2.73. The molecule has 1 aliphatic heterocycles. The third kappa shape index (κ3) is 2.26. The first-order valence-electron chi connectivity index (χ1n) is 4.79. The molecule has 84 valence electrons. The molecule has 0 aromatic heterocycles. The quantitative estimate of drug-likeness (QED) is 0.587. The van der Waals surface area contributed by atoms with Gasteiger partial charge in [-0.1, -0.05) is 0 Å². The molecule has 0 radical (unpaired) electrons. The largest absolute Gasteiger partial charge is 0.326 e. The summed E-state index contributed by atoms with van der Waals surface area (Å²) in [5, 5.41) is 2.51. The van der Waals surface area contributed by atoms with Gasteiger partial charge in [0.15, 0.2) is 0 Å². The van der Waals surface area contributed by atoms with Crippen LogP contribution in [0.2, 0.25) is 0 Å². The second kappa shape index (κ2) is 4.77. The molecular formula is C9H15N3O3. The van der Waals surface area contributed by atoms with Gasteiger partial charge in [0.1, 0.15) is 6.17 Å². The van der Waals surface area contributed by atoms with Crippen LogP contribution in [-0.2, 0) is 14.4 Å². The third-order valence-electron chi connectivity index (χ3n) is 2.52. The van der Waals surface area contributed by atoms with Gasteiger partial charge in [0, 0.05) is 20.5 Å². The molecule has 0 aliphatic carbocycles. The topological polar surface area (TPSA) is 60.9 Å². The van der Waals surface area contributed by atoms with Gasteiger partial charge in [0.05, 0.1) is 0 Å². The van der Waals surface area contributed by atoms with E-state index in [9.17, 15) is 14.4 Å². The highest BCUT2D eigenvalue weighted by Crippen LogP contribution is 2.20. The van der Waals surface area contributed by atoms with E-state index in [1.54, 1.807) is 7.05 Å². The Morgan fingerprint density at radius 1 is 1.33 bits per heavy atom. The monoisotopic (exact) mass is 213 g/mol. The molecule has 0 spiro atoms. The van der Waals surface area contributed by atoms with Gasteiger partial charge in [-0.05, 0) is 12.8 Å². The molecule has 3 amide bonds. The Morgan fingerprint density at radius 3 is 2.53 bits per heavy atom. The van der Waals surface area contributed by atoms with E-state index < -0.39 is 0 Å². The Kier molecular flexibility index (Phi) is 3.65. The van der Waals surface area contributed by atoms with Crippen molar-refractivity contribution in [2.45, 2.75) is 25.4 Å². The van der Waals surface area contributed by atoms with Crippen molar-refractivity contribution in [3.05, 3.63) is 0 Å². The summed E-state index contributed by atoms with van der Waals surface area (Å²) in [5.74, 6) is -0.130. The summed E-state index contributed by atoms with van der Waals surface area (Å²) in [7, 11) is 3.10. The summed E-state index contributed by atoms with van der Waals surface area (Å²) in [6, 6.07) is 0. The number of carbonyl (C=O) groups is 3. The van der Waals surface area contributed by atoms with Crippen molar-refractivity contribution in [3.63, 3.8) is 0 Å². The molecule has 1 rings (SSSR count). The van der Waals surface area contributed by atoms with Crippen LogP contribution >= 0.6 is 0 Å². The van der Waals surface area contributed by atoms with Crippen molar-refractivity contribution in [2.24, 2.45) is 0 Å². The van der Waals surface area contributed by atoms with Crippen LogP contribution in [0.5, 0.6) is 0 Å². The van der Waals surface area contributed by atoms with Crippen molar-refractivity contribution in [2.75, 3.05) is 14.1 Å². The van der Waals surface area contributed by atoms with E-state index >= 15 is 0 Å². The van der Waals surface area contributed by atoms with Crippen LogP contribution in [0.3, 0.4) is 0 Å². The number of hydrazine groups is 1. The molecule has 1 heterocycles. The standard InChI is InChI=1S/C9H15N3O3/c1-10(6-13)8-4-3-5-9(15)12(8)11(2)7-14/h6-8H,3-5H2,1-2H3/t8-/m0/s1. The highest BCUT2D eigenvalue weighted by Gasteiger charge is 2.32. The van der Waals surface area contributed by atoms with Crippen LogP contribution in [0.15, 0.2) is 0 Å². The Morgan fingerprint density at radius 2 is 2.00 bits per heavy atom. The summed E-state index contributed by atoms with van der Waals surface area (Å²) >= 11 is 0. The van der Waals surface area contributed by atoms with Crippen LogP contribution in [0.25, 0.3) is 0 Å². The second-order valence-electron chi connectivity index (χ2n) is 3.56. The molecular weight excluding hydrogens is 198 g/mol. The molecule has 6 nitrogen and oxygen atoms in total. The number of piperidine rings is 1. The first-order chi connectivity index (χ1) is 7.11. The number of carbonyl (C=O) groups excluding carboxylic acids is 3. The number of nitrogens with zero attached hydrogens (tertiary/aromatic N) is 3. The molecule has 6 heteroatoms. The predicted molar refractivity (Wildman–Crippen MR) is 52.1 cm³/mol. The average molecular weight is 213 g/mol. The van der Waals surface area contributed by atoms with Crippen molar-refractivity contribution in [1.29, 1.82) is 0 Å². The fourth-order valence-corrected chi connectivity index (χ4v) is 1.72. The molecule has 0 saturated carbocycles. The maximum Gasteiger partial charge on any atom is 0.243 e. The fourth-order valence-electron chi connectivity index (χ4n) is 1.72. The first-order valence-corrected chi connectivity index (χ1v) is 4.79. The summed E-state index contributed by atoms with van der Waals surface area (Å²) in [6.45, 7) is 0. The second-order valence-corrected chi connectivity index (χ2v) is 3.56. The molecule has 1 fully saturated rings. The molecule has 1 atom stereocenters. The molecule has 0 aromatic carbocycles. The normalized spacial score (nSPS) is 21.1. The Hall–Kier alpha value is -1.59. The number of hydrogen-bond acceptors (Lipinski definition) is 3. The van der Waals surface area contributed by atoms with E-state index in [-0.39, 0.29) is 12.1 Å². The highest BCUT2D eigenvalue weighted by atomic mass is 16.2. The van der Waals surface area contributed by atoms with Gasteiger partial charge in [-0.2, -0.15) is 0 Å². The van der Waals surface area contributed by atoms with Gasteiger partial charge in [0.25, 0.3) is 0 Å². The van der Waals surface area contributed by atoms with E-state index in [1.165, 1.54) is 22.0 Å². The van der Waals surface area contributed by atoms with E-state index in [0.29, 0.717) is 25.7 Å². The Labute approximate surface area is 88.4 Å². The maximum atomic E-state index is 11.6. The van der Waals surface area contributed by atoms with E-state index in [2.05, 4.69) is 0 Å². The van der Waals surface area contributed by atoms with Gasteiger partial charge in [0.2, 0.25) is 18.7 Å². The zero-order chi connectivity index (χ0) is 11.4. The lowest BCUT2D eigenvalue weighted by Gasteiger charge is -2.42. The van der Waals surface area contributed by atoms with Crippen LogP contribution in [0.4, 0.5) is 0 Å². The number of amides is 3. The summed E-state index contributed by atoms with van der Waals surface area (Å²) in [5.41, 5.74) is 0. The average Bonchev–Trinajstić information content (AvgIpc) is 2.26. The smallest absolute Gasteiger partial charge is 0.243 e. The number of rotatable bonds is 4. The van der Waals surface area contributed by atoms with Crippen LogP contribution in [-0.4, -0.2) is 53.9 Å². The van der Waals surface area contributed by atoms with Gasteiger partial charge < -0.3 is 4.90 Å². The Bertz CT molecular complexity index is 269. The minimum atomic E-state index is -0.348. The molecule has 1 aliphatic rings. The summed E-state index contributed by atoms with van der Waals surface area (Å²) < 4.78 is 0. The zero-order valence-electron chi connectivity index (χ0n) is 8.92. The highest BCUT2D eigenvalue weighted by molar-refractivity contribution is 5.78. The lowest BCUT2D eigenvalue weighted by Crippen LogP contribution is -2.57. The molecule has 0 unspecified atom stereocenters. The van der Waals surface area contributed by atoms with Gasteiger partial charge in [-0.25, -0.2) is 5.01 Å². The molecule has 1 saturated heterocycles. The molecule has 15 heavy (non-hydrogen) atoms. The third-order valence-corrected chi connectivity index (χ3v) is 2.52. The van der Waals surface area contributed by atoms with E-state index in [1.807, 2.05) is 0 Å². The van der Waals surface area contributed by atoms with Crippen molar-refractivity contribution in [1.82, 2.24) is 14.9 Å².